The van der Waals surface area contributed by atoms with Crippen LogP contribution in [0.4, 0.5) is 0 Å². The highest BCUT2D eigenvalue weighted by molar-refractivity contribution is 6.29. The first-order valence-electron chi connectivity index (χ1n) is 18.3. The Labute approximate surface area is 311 Å². The molecule has 0 radical (unpaired) electrons. The molecule has 0 aliphatic carbocycles. The Hall–Kier alpha value is -7.30. The molecule has 0 bridgehead atoms. The number of rotatable bonds is 5. The molecular formula is C50H32N4. The molecule has 11 aromatic rings. The van der Waals surface area contributed by atoms with Crippen LogP contribution in [0.1, 0.15) is 0 Å². The van der Waals surface area contributed by atoms with Crippen LogP contribution < -0.4 is 0 Å². The minimum absolute atomic E-state index is 0.710. The summed E-state index contributed by atoms with van der Waals surface area (Å²) in [6.07, 6.45) is 0. The van der Waals surface area contributed by atoms with E-state index in [9.17, 15) is 0 Å². The lowest BCUT2D eigenvalue weighted by Gasteiger charge is -2.12. The van der Waals surface area contributed by atoms with Crippen molar-refractivity contribution in [3.63, 3.8) is 0 Å². The summed E-state index contributed by atoms with van der Waals surface area (Å²) in [6.45, 7) is 0. The number of benzene rings is 8. The summed E-state index contributed by atoms with van der Waals surface area (Å²) >= 11 is 0. The Morgan fingerprint density at radius 2 is 0.796 bits per heavy atom. The molecule has 54 heavy (non-hydrogen) atoms. The summed E-state index contributed by atoms with van der Waals surface area (Å²) in [4.78, 5) is 10.2. The van der Waals surface area contributed by atoms with Gasteiger partial charge in [0.25, 0.3) is 0 Å². The van der Waals surface area contributed by atoms with Crippen LogP contribution in [0.3, 0.4) is 0 Å². The monoisotopic (exact) mass is 688 g/mol. The van der Waals surface area contributed by atoms with Gasteiger partial charge in [0.1, 0.15) is 0 Å². The maximum atomic E-state index is 5.08. The van der Waals surface area contributed by atoms with Crippen molar-refractivity contribution in [2.75, 3.05) is 0 Å². The molecule has 8 aromatic carbocycles. The normalized spacial score (nSPS) is 11.7. The molecule has 3 heterocycles. The van der Waals surface area contributed by atoms with Crippen molar-refractivity contribution in [3.05, 3.63) is 194 Å². The van der Waals surface area contributed by atoms with Crippen LogP contribution in [0.2, 0.25) is 0 Å². The molecule has 0 N–H and O–H groups in total. The van der Waals surface area contributed by atoms with Crippen molar-refractivity contribution in [3.8, 4) is 45.3 Å². The van der Waals surface area contributed by atoms with Crippen LogP contribution in [0.15, 0.2) is 194 Å². The van der Waals surface area contributed by atoms with Gasteiger partial charge < -0.3 is 9.13 Å². The summed E-state index contributed by atoms with van der Waals surface area (Å²) < 4.78 is 4.82. The second kappa shape index (κ2) is 12.1. The summed E-state index contributed by atoms with van der Waals surface area (Å²) in [7, 11) is 0. The molecule has 0 saturated carbocycles. The lowest BCUT2D eigenvalue weighted by atomic mass is 10.0. The Balaban J connectivity index is 1.08. The molecule has 4 heteroatoms. The molecule has 252 valence electrons. The van der Waals surface area contributed by atoms with Gasteiger partial charge in [0, 0.05) is 49.6 Å². The first-order chi connectivity index (χ1) is 26.8. The third-order valence-corrected chi connectivity index (χ3v) is 10.7. The zero-order valence-electron chi connectivity index (χ0n) is 29.3. The fourth-order valence-corrected chi connectivity index (χ4v) is 8.25. The Morgan fingerprint density at radius 3 is 1.39 bits per heavy atom. The molecule has 11 rings (SSSR count). The van der Waals surface area contributed by atoms with E-state index in [0.29, 0.717) is 5.82 Å². The number of hydrogen-bond donors (Lipinski definition) is 0. The van der Waals surface area contributed by atoms with Crippen molar-refractivity contribution in [2.24, 2.45) is 0 Å². The van der Waals surface area contributed by atoms with Crippen molar-refractivity contribution in [1.29, 1.82) is 0 Å². The average molecular weight is 689 g/mol. The molecule has 0 fully saturated rings. The Kier molecular flexibility index (Phi) is 6.82. The van der Waals surface area contributed by atoms with E-state index in [4.69, 9.17) is 9.97 Å². The highest BCUT2D eigenvalue weighted by atomic mass is 15.0. The third-order valence-electron chi connectivity index (χ3n) is 10.7. The van der Waals surface area contributed by atoms with Gasteiger partial charge in [-0.3, -0.25) is 0 Å². The van der Waals surface area contributed by atoms with Crippen LogP contribution in [0.5, 0.6) is 0 Å². The van der Waals surface area contributed by atoms with E-state index < -0.39 is 0 Å². The van der Waals surface area contributed by atoms with Crippen LogP contribution in [-0.2, 0) is 0 Å². The zero-order chi connectivity index (χ0) is 35.6. The van der Waals surface area contributed by atoms with Gasteiger partial charge in [-0.15, -0.1) is 0 Å². The lowest BCUT2D eigenvalue weighted by Crippen LogP contribution is -1.96. The second-order valence-electron chi connectivity index (χ2n) is 13.8. The van der Waals surface area contributed by atoms with Crippen molar-refractivity contribution in [1.82, 2.24) is 19.1 Å². The van der Waals surface area contributed by atoms with Gasteiger partial charge in [0.15, 0.2) is 5.82 Å². The van der Waals surface area contributed by atoms with E-state index in [2.05, 4.69) is 191 Å². The molecule has 0 aliphatic heterocycles. The number of fused-ring (bicyclic) bond motifs is 8. The Bertz CT molecular complexity index is 3140. The van der Waals surface area contributed by atoms with E-state index in [1.807, 2.05) is 12.1 Å². The minimum atomic E-state index is 0.710. The molecule has 4 nitrogen and oxygen atoms in total. The molecule has 0 aliphatic rings. The van der Waals surface area contributed by atoms with Gasteiger partial charge in [-0.05, 0) is 71.4 Å². The maximum absolute atomic E-state index is 5.08. The molecular weight excluding hydrogens is 657 g/mol. The first-order valence-corrected chi connectivity index (χ1v) is 18.3. The van der Waals surface area contributed by atoms with Crippen LogP contribution in [0, 0.1) is 0 Å². The van der Waals surface area contributed by atoms with E-state index in [0.717, 1.165) is 50.2 Å². The van der Waals surface area contributed by atoms with E-state index in [-0.39, 0.29) is 0 Å². The van der Waals surface area contributed by atoms with Crippen LogP contribution >= 0.6 is 0 Å². The fraction of sp³-hybridized carbons (Fsp3) is 0. The van der Waals surface area contributed by atoms with E-state index in [1.165, 1.54) is 43.6 Å². The van der Waals surface area contributed by atoms with Crippen molar-refractivity contribution < 1.29 is 0 Å². The summed E-state index contributed by atoms with van der Waals surface area (Å²) in [6, 6.07) is 69.0. The number of para-hydroxylation sites is 3. The molecule has 3 aromatic heterocycles. The topological polar surface area (TPSA) is 35.6 Å². The van der Waals surface area contributed by atoms with Gasteiger partial charge in [-0.2, -0.15) is 0 Å². The first kappa shape index (κ1) is 30.3. The standard InChI is InChI=1S/C50H32N4/c1-4-14-33(15-5-1)42-32-43(34-16-6-2-7-17-34)52-50(51-42)37-25-24-36-31-39(27-26-35(36)30-37)54-45-23-13-11-21-41(45)49-47(54)29-28-46-48(49)40-20-10-12-22-44(40)53(46)38-18-8-3-9-19-38/h1-32H. The smallest absolute Gasteiger partial charge is 0.160 e. The quantitative estimate of drug-likeness (QED) is 0.180. The Morgan fingerprint density at radius 1 is 0.315 bits per heavy atom. The van der Waals surface area contributed by atoms with E-state index in [1.54, 1.807) is 0 Å². The van der Waals surface area contributed by atoms with Crippen LogP contribution in [0.25, 0.3) is 99.7 Å². The average Bonchev–Trinajstić information content (AvgIpc) is 3.77. The SMILES string of the molecule is c1ccc(-c2cc(-c3ccccc3)nc(-c3ccc4cc(-n5c6ccccc6c6c7c8ccccc8n(-c8ccccc8)c7ccc65)ccc4c3)n2)cc1. The summed E-state index contributed by atoms with van der Waals surface area (Å²) in [5.74, 6) is 0.710. The molecule has 0 unspecified atom stereocenters. The summed E-state index contributed by atoms with van der Waals surface area (Å²) in [5.41, 5.74) is 12.0. The fourth-order valence-electron chi connectivity index (χ4n) is 8.25. The van der Waals surface area contributed by atoms with Gasteiger partial charge in [0.05, 0.1) is 33.5 Å². The van der Waals surface area contributed by atoms with Gasteiger partial charge in [0.2, 0.25) is 0 Å². The predicted octanol–water partition coefficient (Wildman–Crippen LogP) is 12.8. The number of nitrogens with zero attached hydrogens (tertiary/aromatic N) is 4. The molecule has 0 spiro atoms. The van der Waals surface area contributed by atoms with E-state index >= 15 is 0 Å². The molecule has 0 atom stereocenters. The largest absolute Gasteiger partial charge is 0.309 e. The van der Waals surface area contributed by atoms with Crippen LogP contribution in [-0.4, -0.2) is 19.1 Å². The minimum Gasteiger partial charge on any atom is -0.309 e. The lowest BCUT2D eigenvalue weighted by molar-refractivity contribution is 1.17. The van der Waals surface area contributed by atoms with Gasteiger partial charge >= 0.3 is 0 Å². The predicted molar refractivity (Wildman–Crippen MR) is 225 cm³/mol. The van der Waals surface area contributed by atoms with Crippen molar-refractivity contribution in [2.45, 2.75) is 0 Å². The number of hydrogen-bond acceptors (Lipinski definition) is 2. The van der Waals surface area contributed by atoms with Gasteiger partial charge in [-0.25, -0.2) is 9.97 Å². The summed E-state index contributed by atoms with van der Waals surface area (Å²) in [5, 5.41) is 7.35. The maximum Gasteiger partial charge on any atom is 0.160 e. The highest BCUT2D eigenvalue weighted by Crippen LogP contribution is 2.42. The number of aromatic nitrogens is 4. The second-order valence-corrected chi connectivity index (χ2v) is 13.8. The third kappa shape index (κ3) is 4.78. The molecule has 0 amide bonds. The highest BCUT2D eigenvalue weighted by Gasteiger charge is 2.20. The van der Waals surface area contributed by atoms with Crippen molar-refractivity contribution >= 4 is 54.4 Å². The van der Waals surface area contributed by atoms with Gasteiger partial charge in [-0.1, -0.05) is 133 Å². The molecule has 0 saturated heterocycles. The zero-order valence-corrected chi connectivity index (χ0v) is 29.3.